The standard InChI is InChI=1S/C20H28N2O4/c1-19(2,17(23)21-11-8-16-6-4-3-5-7-16)18(24)22-12-9-20(10-13-22)25-14-15-26-20/h3-7H,8-15H2,1-2H3,(H,21,23). The van der Waals surface area contributed by atoms with Crippen molar-refractivity contribution in [3.63, 3.8) is 0 Å². The Morgan fingerprint density at radius 2 is 1.73 bits per heavy atom. The molecule has 1 aromatic rings. The van der Waals surface area contributed by atoms with Gasteiger partial charge < -0.3 is 19.7 Å². The van der Waals surface area contributed by atoms with Crippen LogP contribution in [-0.4, -0.2) is 55.3 Å². The van der Waals surface area contributed by atoms with E-state index >= 15 is 0 Å². The Balaban J connectivity index is 1.50. The van der Waals surface area contributed by atoms with Crippen molar-refractivity contribution < 1.29 is 19.1 Å². The number of hydrogen-bond donors (Lipinski definition) is 1. The van der Waals surface area contributed by atoms with Crippen molar-refractivity contribution in [2.75, 3.05) is 32.8 Å². The van der Waals surface area contributed by atoms with Crippen LogP contribution in [0.15, 0.2) is 30.3 Å². The van der Waals surface area contributed by atoms with Gasteiger partial charge in [-0.3, -0.25) is 9.59 Å². The number of likely N-dealkylation sites (tertiary alicyclic amines) is 1. The lowest BCUT2D eigenvalue weighted by Gasteiger charge is -2.40. The molecule has 2 aliphatic rings. The zero-order valence-corrected chi connectivity index (χ0v) is 15.6. The van der Waals surface area contributed by atoms with E-state index in [-0.39, 0.29) is 11.8 Å². The van der Waals surface area contributed by atoms with Crippen LogP contribution in [0.5, 0.6) is 0 Å². The van der Waals surface area contributed by atoms with Gasteiger partial charge >= 0.3 is 0 Å². The molecule has 26 heavy (non-hydrogen) atoms. The number of nitrogens with one attached hydrogen (secondary N) is 1. The predicted molar refractivity (Wildman–Crippen MR) is 97.4 cm³/mol. The molecule has 0 atom stereocenters. The molecule has 1 N–H and O–H groups in total. The molecule has 2 aliphatic heterocycles. The van der Waals surface area contributed by atoms with Crippen molar-refractivity contribution in [1.82, 2.24) is 10.2 Å². The van der Waals surface area contributed by atoms with Gasteiger partial charge in [0, 0.05) is 32.5 Å². The van der Waals surface area contributed by atoms with E-state index < -0.39 is 11.2 Å². The summed E-state index contributed by atoms with van der Waals surface area (Å²) in [5.41, 5.74) is 0.0771. The molecule has 0 bridgehead atoms. The molecule has 1 aromatic carbocycles. The maximum absolute atomic E-state index is 12.9. The third-order valence-corrected chi connectivity index (χ3v) is 5.27. The lowest BCUT2D eigenvalue weighted by atomic mass is 9.89. The van der Waals surface area contributed by atoms with Crippen molar-refractivity contribution >= 4 is 11.8 Å². The minimum Gasteiger partial charge on any atom is -0.355 e. The molecule has 0 aliphatic carbocycles. The first-order chi connectivity index (χ1) is 12.4. The molecule has 0 saturated carbocycles. The predicted octanol–water partition coefficient (Wildman–Crippen LogP) is 1.74. The fraction of sp³-hybridized carbons (Fsp3) is 0.600. The van der Waals surface area contributed by atoms with Gasteiger partial charge in [0.2, 0.25) is 11.8 Å². The molecular weight excluding hydrogens is 332 g/mol. The molecule has 2 heterocycles. The van der Waals surface area contributed by atoms with Crippen LogP contribution < -0.4 is 5.32 Å². The van der Waals surface area contributed by atoms with Crippen LogP contribution in [-0.2, 0) is 25.5 Å². The van der Waals surface area contributed by atoms with E-state index in [1.165, 1.54) is 0 Å². The molecule has 0 aromatic heterocycles. The quantitative estimate of drug-likeness (QED) is 0.812. The topological polar surface area (TPSA) is 67.9 Å². The van der Waals surface area contributed by atoms with Crippen LogP contribution in [0, 0.1) is 5.41 Å². The molecule has 142 valence electrons. The lowest BCUT2D eigenvalue weighted by molar-refractivity contribution is -0.189. The summed E-state index contributed by atoms with van der Waals surface area (Å²) in [6, 6.07) is 9.98. The number of carbonyl (C=O) groups excluding carboxylic acids is 2. The molecule has 6 nitrogen and oxygen atoms in total. The fourth-order valence-corrected chi connectivity index (χ4v) is 3.51. The highest BCUT2D eigenvalue weighted by Gasteiger charge is 2.45. The highest BCUT2D eigenvalue weighted by Crippen LogP contribution is 2.33. The summed E-state index contributed by atoms with van der Waals surface area (Å²) in [5.74, 6) is -0.881. The second-order valence-corrected chi connectivity index (χ2v) is 7.52. The normalized spacial score (nSPS) is 19.5. The second kappa shape index (κ2) is 7.76. The Labute approximate surface area is 154 Å². The van der Waals surface area contributed by atoms with Gasteiger partial charge in [0.15, 0.2) is 5.79 Å². The van der Waals surface area contributed by atoms with Crippen molar-refractivity contribution in [3.05, 3.63) is 35.9 Å². The summed E-state index contributed by atoms with van der Waals surface area (Å²) < 4.78 is 11.4. The zero-order valence-electron chi connectivity index (χ0n) is 15.6. The highest BCUT2D eigenvalue weighted by molar-refractivity contribution is 6.04. The fourth-order valence-electron chi connectivity index (χ4n) is 3.51. The van der Waals surface area contributed by atoms with Gasteiger partial charge in [-0.2, -0.15) is 0 Å². The van der Waals surface area contributed by atoms with Gasteiger partial charge in [0.25, 0.3) is 0 Å². The smallest absolute Gasteiger partial charge is 0.237 e. The first-order valence-electron chi connectivity index (χ1n) is 9.32. The van der Waals surface area contributed by atoms with Crippen molar-refractivity contribution in [3.8, 4) is 0 Å². The number of benzene rings is 1. The highest BCUT2D eigenvalue weighted by atomic mass is 16.7. The summed E-state index contributed by atoms with van der Waals surface area (Å²) >= 11 is 0. The summed E-state index contributed by atoms with van der Waals surface area (Å²) in [5, 5.41) is 2.90. The average molecular weight is 360 g/mol. The largest absolute Gasteiger partial charge is 0.355 e. The van der Waals surface area contributed by atoms with Crippen molar-refractivity contribution in [1.29, 1.82) is 0 Å². The molecule has 0 radical (unpaired) electrons. The Bertz CT molecular complexity index is 628. The van der Waals surface area contributed by atoms with Crippen LogP contribution in [0.1, 0.15) is 32.3 Å². The van der Waals surface area contributed by atoms with E-state index in [2.05, 4.69) is 5.32 Å². The molecule has 2 fully saturated rings. The van der Waals surface area contributed by atoms with Crippen LogP contribution in [0.25, 0.3) is 0 Å². The van der Waals surface area contributed by atoms with E-state index in [0.717, 1.165) is 12.0 Å². The van der Waals surface area contributed by atoms with Gasteiger partial charge in [-0.1, -0.05) is 30.3 Å². The minimum atomic E-state index is -1.08. The molecular formula is C20H28N2O4. The van der Waals surface area contributed by atoms with Crippen molar-refractivity contribution in [2.45, 2.75) is 38.9 Å². The molecule has 0 unspecified atom stereocenters. The number of carbonyl (C=O) groups is 2. The van der Waals surface area contributed by atoms with Gasteiger partial charge in [-0.05, 0) is 25.8 Å². The summed E-state index contributed by atoms with van der Waals surface area (Å²) in [6.07, 6.45) is 2.06. The average Bonchev–Trinajstić information content (AvgIpc) is 3.10. The number of rotatable bonds is 5. The molecule has 2 amide bonds. The Morgan fingerprint density at radius 3 is 2.35 bits per heavy atom. The third-order valence-electron chi connectivity index (χ3n) is 5.27. The van der Waals surface area contributed by atoms with Gasteiger partial charge in [0.05, 0.1) is 13.2 Å². The minimum absolute atomic E-state index is 0.137. The SMILES string of the molecule is CC(C)(C(=O)NCCc1ccccc1)C(=O)N1CCC2(CC1)OCCO2. The van der Waals surface area contributed by atoms with E-state index in [1.54, 1.807) is 18.7 Å². The summed E-state index contributed by atoms with van der Waals surface area (Å²) in [7, 11) is 0. The monoisotopic (exact) mass is 360 g/mol. The number of ether oxygens (including phenoxy) is 2. The van der Waals surface area contributed by atoms with Crippen LogP contribution in [0.2, 0.25) is 0 Å². The van der Waals surface area contributed by atoms with Crippen LogP contribution in [0.4, 0.5) is 0 Å². The van der Waals surface area contributed by atoms with Crippen LogP contribution >= 0.6 is 0 Å². The first-order valence-corrected chi connectivity index (χ1v) is 9.32. The van der Waals surface area contributed by atoms with Crippen molar-refractivity contribution in [2.24, 2.45) is 5.41 Å². The maximum atomic E-state index is 12.9. The lowest BCUT2D eigenvalue weighted by Crippen LogP contribution is -2.54. The summed E-state index contributed by atoms with van der Waals surface area (Å²) in [4.78, 5) is 27.2. The third kappa shape index (κ3) is 4.07. The molecule has 3 rings (SSSR count). The maximum Gasteiger partial charge on any atom is 0.237 e. The van der Waals surface area contributed by atoms with E-state index in [4.69, 9.17) is 9.47 Å². The molecule has 1 spiro atoms. The molecule has 2 saturated heterocycles. The van der Waals surface area contributed by atoms with E-state index in [0.29, 0.717) is 45.7 Å². The summed E-state index contributed by atoms with van der Waals surface area (Å²) in [6.45, 7) is 6.25. The Kier molecular flexibility index (Phi) is 5.63. The van der Waals surface area contributed by atoms with Gasteiger partial charge in [-0.15, -0.1) is 0 Å². The van der Waals surface area contributed by atoms with E-state index in [1.807, 2.05) is 30.3 Å². The van der Waals surface area contributed by atoms with Crippen LogP contribution in [0.3, 0.4) is 0 Å². The van der Waals surface area contributed by atoms with Gasteiger partial charge in [-0.25, -0.2) is 0 Å². The first kappa shape index (κ1) is 18.9. The van der Waals surface area contributed by atoms with Gasteiger partial charge in [0.1, 0.15) is 5.41 Å². The number of hydrogen-bond acceptors (Lipinski definition) is 4. The van der Waals surface area contributed by atoms with E-state index in [9.17, 15) is 9.59 Å². The molecule has 6 heteroatoms. The number of nitrogens with zero attached hydrogens (tertiary/aromatic N) is 1. The zero-order chi connectivity index (χ0) is 18.6. The second-order valence-electron chi connectivity index (χ2n) is 7.52. The Hall–Kier alpha value is -1.92. The number of amides is 2. The Morgan fingerprint density at radius 1 is 1.12 bits per heavy atom. The number of piperidine rings is 1.